The van der Waals surface area contributed by atoms with Crippen LogP contribution >= 0.6 is 0 Å². The van der Waals surface area contributed by atoms with E-state index >= 15 is 0 Å². The first-order valence-electron chi connectivity index (χ1n) is 9.43. The number of hydrogen-bond donors (Lipinski definition) is 0. The first-order chi connectivity index (χ1) is 13.6. The Hall–Kier alpha value is -2.95. The molecule has 1 heterocycles. The maximum atomic E-state index is 13.4. The van der Waals surface area contributed by atoms with Crippen LogP contribution in [-0.2, 0) is 6.42 Å². The monoisotopic (exact) mass is 381 g/mol. The van der Waals surface area contributed by atoms with Gasteiger partial charge in [-0.1, -0.05) is 18.2 Å². The van der Waals surface area contributed by atoms with Gasteiger partial charge in [-0.2, -0.15) is 0 Å². The molecule has 0 radical (unpaired) electrons. The summed E-state index contributed by atoms with van der Waals surface area (Å²) in [6, 6.07) is 11.7. The minimum Gasteiger partial charge on any atom is -0.497 e. The number of likely N-dealkylation sites (tertiary alicyclic amines) is 1. The molecule has 0 unspecified atom stereocenters. The summed E-state index contributed by atoms with van der Waals surface area (Å²) in [5, 5.41) is 0. The zero-order chi connectivity index (χ0) is 20.1. The lowest BCUT2D eigenvalue weighted by atomic mass is 10.0. The van der Waals surface area contributed by atoms with Gasteiger partial charge >= 0.3 is 0 Å². The van der Waals surface area contributed by atoms with Gasteiger partial charge in [-0.05, 0) is 49.1 Å². The third-order valence-corrected chi connectivity index (χ3v) is 5.18. The van der Waals surface area contributed by atoms with Crippen molar-refractivity contribution in [3.63, 3.8) is 0 Å². The molecule has 0 N–H and O–H groups in total. The van der Waals surface area contributed by atoms with Crippen LogP contribution < -0.4 is 14.2 Å². The Morgan fingerprint density at radius 2 is 1.89 bits per heavy atom. The summed E-state index contributed by atoms with van der Waals surface area (Å²) in [7, 11) is 4.84. The minimum atomic E-state index is 0.00424. The lowest BCUT2D eigenvalue weighted by Gasteiger charge is -2.26. The number of amides is 1. The number of benzene rings is 2. The first kappa shape index (κ1) is 19.8. The lowest BCUT2D eigenvalue weighted by Crippen LogP contribution is -2.30. The average molecular weight is 381 g/mol. The standard InChI is InChI=1S/C23H27NO4/c1-5-7-17-14-18(15-21(27-3)22(17)28-4)23(25)24-13-6-8-20(24)16-9-11-19(26-2)12-10-16/h5,9-12,14-15,20H,1,6-8,13H2,2-4H3/t20-/m0/s1. The second-order valence-corrected chi connectivity index (χ2v) is 6.79. The Balaban J connectivity index is 1.93. The summed E-state index contributed by atoms with van der Waals surface area (Å²) < 4.78 is 16.2. The lowest BCUT2D eigenvalue weighted by molar-refractivity contribution is 0.0735. The maximum absolute atomic E-state index is 13.4. The van der Waals surface area contributed by atoms with Gasteiger partial charge in [0.2, 0.25) is 0 Å². The molecule has 28 heavy (non-hydrogen) atoms. The van der Waals surface area contributed by atoms with Gasteiger partial charge in [0.25, 0.3) is 5.91 Å². The molecule has 0 aromatic heterocycles. The Morgan fingerprint density at radius 3 is 2.50 bits per heavy atom. The van der Waals surface area contributed by atoms with Crippen LogP contribution in [0.1, 0.15) is 40.4 Å². The van der Waals surface area contributed by atoms with E-state index in [4.69, 9.17) is 14.2 Å². The topological polar surface area (TPSA) is 48.0 Å². The first-order valence-corrected chi connectivity index (χ1v) is 9.43. The average Bonchev–Trinajstić information content (AvgIpc) is 3.22. The molecule has 0 saturated carbocycles. The van der Waals surface area contributed by atoms with E-state index in [1.54, 1.807) is 33.5 Å². The van der Waals surface area contributed by atoms with Crippen molar-refractivity contribution in [1.29, 1.82) is 0 Å². The molecule has 1 aliphatic rings. The number of carbonyl (C=O) groups excluding carboxylic acids is 1. The second kappa shape index (κ2) is 8.83. The molecule has 3 rings (SSSR count). The molecule has 1 atom stereocenters. The largest absolute Gasteiger partial charge is 0.497 e. The molecule has 5 nitrogen and oxygen atoms in total. The number of allylic oxidation sites excluding steroid dienone is 1. The SMILES string of the molecule is C=CCc1cc(C(=O)N2CCC[C@H]2c2ccc(OC)cc2)cc(OC)c1OC. The Morgan fingerprint density at radius 1 is 1.14 bits per heavy atom. The van der Waals surface area contributed by atoms with Gasteiger partial charge < -0.3 is 19.1 Å². The van der Waals surface area contributed by atoms with Crippen LogP contribution in [0.3, 0.4) is 0 Å². The van der Waals surface area contributed by atoms with Crippen molar-refractivity contribution in [2.24, 2.45) is 0 Å². The van der Waals surface area contributed by atoms with E-state index in [1.807, 2.05) is 35.2 Å². The summed E-state index contributed by atoms with van der Waals surface area (Å²) >= 11 is 0. The zero-order valence-corrected chi connectivity index (χ0v) is 16.7. The molecule has 1 saturated heterocycles. The van der Waals surface area contributed by atoms with Gasteiger partial charge in [0.05, 0.1) is 27.4 Å². The molecule has 5 heteroatoms. The van der Waals surface area contributed by atoms with E-state index < -0.39 is 0 Å². The third kappa shape index (κ3) is 3.84. The smallest absolute Gasteiger partial charge is 0.254 e. The van der Waals surface area contributed by atoms with Crippen LogP contribution in [0.25, 0.3) is 0 Å². The number of nitrogens with zero attached hydrogens (tertiary/aromatic N) is 1. The molecule has 0 aliphatic carbocycles. The van der Waals surface area contributed by atoms with Crippen molar-refractivity contribution in [2.45, 2.75) is 25.3 Å². The number of methoxy groups -OCH3 is 3. The van der Waals surface area contributed by atoms with Gasteiger partial charge in [-0.3, -0.25) is 4.79 Å². The van der Waals surface area contributed by atoms with E-state index in [0.29, 0.717) is 23.5 Å². The van der Waals surface area contributed by atoms with Gasteiger partial charge in [0.15, 0.2) is 11.5 Å². The highest BCUT2D eigenvalue weighted by atomic mass is 16.5. The maximum Gasteiger partial charge on any atom is 0.254 e. The Bertz CT molecular complexity index is 844. The van der Waals surface area contributed by atoms with Crippen molar-refractivity contribution in [3.8, 4) is 17.2 Å². The van der Waals surface area contributed by atoms with Crippen LogP contribution in [0.5, 0.6) is 17.2 Å². The van der Waals surface area contributed by atoms with E-state index in [-0.39, 0.29) is 11.9 Å². The van der Waals surface area contributed by atoms with Crippen molar-refractivity contribution in [3.05, 3.63) is 65.7 Å². The van der Waals surface area contributed by atoms with E-state index in [1.165, 1.54) is 0 Å². The highest BCUT2D eigenvalue weighted by Crippen LogP contribution is 2.37. The highest BCUT2D eigenvalue weighted by molar-refractivity contribution is 5.95. The summed E-state index contributed by atoms with van der Waals surface area (Å²) in [5.74, 6) is 2.02. The molecular weight excluding hydrogens is 354 g/mol. The molecule has 1 amide bonds. The summed E-state index contributed by atoms with van der Waals surface area (Å²) in [5.41, 5.74) is 2.62. The van der Waals surface area contributed by atoms with Crippen molar-refractivity contribution >= 4 is 5.91 Å². The van der Waals surface area contributed by atoms with Crippen molar-refractivity contribution < 1.29 is 19.0 Å². The second-order valence-electron chi connectivity index (χ2n) is 6.79. The van der Waals surface area contributed by atoms with E-state index in [2.05, 4.69) is 6.58 Å². The predicted octanol–water partition coefficient (Wildman–Crippen LogP) is 4.42. The third-order valence-electron chi connectivity index (χ3n) is 5.18. The molecular formula is C23H27NO4. The summed E-state index contributed by atoms with van der Waals surface area (Å²) in [6.07, 6.45) is 4.32. The van der Waals surface area contributed by atoms with Crippen LogP contribution in [0.4, 0.5) is 0 Å². The van der Waals surface area contributed by atoms with Gasteiger partial charge in [0, 0.05) is 17.7 Å². The quantitative estimate of drug-likeness (QED) is 0.666. The van der Waals surface area contributed by atoms with Crippen LogP contribution in [0, 0.1) is 0 Å². The molecule has 1 aliphatic heterocycles. The summed E-state index contributed by atoms with van der Waals surface area (Å²) in [4.78, 5) is 15.3. The number of ether oxygens (including phenoxy) is 3. The highest BCUT2D eigenvalue weighted by Gasteiger charge is 2.31. The summed E-state index contributed by atoms with van der Waals surface area (Å²) in [6.45, 7) is 4.54. The van der Waals surface area contributed by atoms with Gasteiger partial charge in [-0.25, -0.2) is 0 Å². The van der Waals surface area contributed by atoms with E-state index in [9.17, 15) is 4.79 Å². The molecule has 2 aromatic carbocycles. The van der Waals surface area contributed by atoms with Crippen LogP contribution in [0.2, 0.25) is 0 Å². The minimum absolute atomic E-state index is 0.00424. The van der Waals surface area contributed by atoms with Crippen molar-refractivity contribution in [1.82, 2.24) is 4.90 Å². The molecule has 0 spiro atoms. The molecule has 0 bridgehead atoms. The van der Waals surface area contributed by atoms with Crippen LogP contribution in [-0.4, -0.2) is 38.7 Å². The van der Waals surface area contributed by atoms with Crippen molar-refractivity contribution in [2.75, 3.05) is 27.9 Å². The fraction of sp³-hybridized carbons (Fsp3) is 0.348. The van der Waals surface area contributed by atoms with Gasteiger partial charge in [-0.15, -0.1) is 6.58 Å². The fourth-order valence-corrected chi connectivity index (χ4v) is 3.82. The normalized spacial score (nSPS) is 16.0. The number of rotatable bonds is 7. The predicted molar refractivity (Wildman–Crippen MR) is 109 cm³/mol. The number of carbonyl (C=O) groups is 1. The van der Waals surface area contributed by atoms with E-state index in [0.717, 1.165) is 36.3 Å². The fourth-order valence-electron chi connectivity index (χ4n) is 3.82. The van der Waals surface area contributed by atoms with Gasteiger partial charge in [0.1, 0.15) is 5.75 Å². The molecule has 2 aromatic rings. The molecule has 1 fully saturated rings. The zero-order valence-electron chi connectivity index (χ0n) is 16.7. The Labute approximate surface area is 166 Å². The number of hydrogen-bond acceptors (Lipinski definition) is 4. The Kier molecular flexibility index (Phi) is 6.24. The molecule has 148 valence electrons. The van der Waals surface area contributed by atoms with Crippen LogP contribution in [0.15, 0.2) is 49.1 Å².